The highest BCUT2D eigenvalue weighted by molar-refractivity contribution is 6.17. The van der Waals surface area contributed by atoms with Crippen molar-refractivity contribution in [2.45, 2.75) is 40.2 Å². The molecule has 0 bridgehead atoms. The number of hydrogen-bond donors (Lipinski definition) is 0. The molecule has 3 rings (SSSR count). The number of nitrogens with zero attached hydrogens (tertiary/aromatic N) is 1. The monoisotopic (exact) mass is 363 g/mol. The summed E-state index contributed by atoms with van der Waals surface area (Å²) in [5.74, 6) is -0.235. The van der Waals surface area contributed by atoms with Crippen LogP contribution in [0, 0.1) is 13.8 Å². The number of hydrogen-bond acceptors (Lipinski definition) is 3. The Labute approximate surface area is 159 Å². The van der Waals surface area contributed by atoms with Gasteiger partial charge in [0.05, 0.1) is 12.2 Å². The first-order chi connectivity index (χ1) is 12.9. The molecule has 0 spiro atoms. The lowest BCUT2D eigenvalue weighted by atomic mass is 10.00. The minimum Gasteiger partial charge on any atom is -0.466 e. The van der Waals surface area contributed by atoms with Crippen molar-refractivity contribution in [3.63, 3.8) is 0 Å². The Morgan fingerprint density at radius 1 is 1.07 bits per heavy atom. The molecule has 0 fully saturated rings. The van der Waals surface area contributed by atoms with E-state index in [1.165, 1.54) is 6.92 Å². The van der Waals surface area contributed by atoms with Crippen LogP contribution in [0.5, 0.6) is 0 Å². The Hall–Kier alpha value is -2.88. The summed E-state index contributed by atoms with van der Waals surface area (Å²) in [5, 5.41) is 0.973. The van der Waals surface area contributed by atoms with Gasteiger partial charge in [0.25, 0.3) is 0 Å². The Morgan fingerprint density at radius 3 is 2.44 bits per heavy atom. The first-order valence-electron chi connectivity index (χ1n) is 9.24. The van der Waals surface area contributed by atoms with E-state index >= 15 is 0 Å². The molecule has 1 heterocycles. The van der Waals surface area contributed by atoms with Gasteiger partial charge in [-0.2, -0.15) is 0 Å². The second-order valence-corrected chi connectivity index (χ2v) is 7.02. The lowest BCUT2D eigenvalue weighted by Crippen LogP contribution is -2.12. The molecular formula is C23H25NO3. The van der Waals surface area contributed by atoms with Crippen LogP contribution in [0.3, 0.4) is 0 Å². The lowest BCUT2D eigenvalue weighted by Gasteiger charge is -2.18. The van der Waals surface area contributed by atoms with E-state index in [-0.39, 0.29) is 17.8 Å². The molecule has 0 aliphatic heterocycles. The Morgan fingerprint density at radius 2 is 1.78 bits per heavy atom. The van der Waals surface area contributed by atoms with E-state index in [4.69, 9.17) is 4.74 Å². The first kappa shape index (κ1) is 18.9. The van der Waals surface area contributed by atoms with Gasteiger partial charge in [0.1, 0.15) is 0 Å². The number of ketones is 1. The summed E-state index contributed by atoms with van der Waals surface area (Å²) in [6.07, 6.45) is 0.692. The Bertz CT molecular complexity index is 986. The summed E-state index contributed by atoms with van der Waals surface area (Å²) in [6.45, 7) is 7.90. The molecule has 0 aliphatic carbocycles. The van der Waals surface area contributed by atoms with Crippen LogP contribution in [-0.2, 0) is 9.53 Å². The van der Waals surface area contributed by atoms with Gasteiger partial charge in [-0.3, -0.25) is 9.59 Å². The Balaban J connectivity index is 2.09. The minimum absolute atomic E-state index is 0.0367. The van der Waals surface area contributed by atoms with E-state index in [1.807, 2.05) is 44.2 Å². The molecule has 4 nitrogen and oxygen atoms in total. The second-order valence-electron chi connectivity index (χ2n) is 7.02. The summed E-state index contributed by atoms with van der Waals surface area (Å²) in [4.78, 5) is 24.3. The van der Waals surface area contributed by atoms with Crippen molar-refractivity contribution in [2.24, 2.45) is 0 Å². The maximum atomic E-state index is 13.2. The summed E-state index contributed by atoms with van der Waals surface area (Å²) < 4.78 is 7.30. The number of rotatable bonds is 6. The molecule has 0 saturated carbocycles. The topological polar surface area (TPSA) is 48.3 Å². The van der Waals surface area contributed by atoms with Gasteiger partial charge < -0.3 is 9.30 Å². The van der Waals surface area contributed by atoms with Gasteiger partial charge in [-0.15, -0.1) is 0 Å². The van der Waals surface area contributed by atoms with Crippen LogP contribution in [-0.4, -0.2) is 22.9 Å². The highest BCUT2D eigenvalue weighted by Gasteiger charge is 2.23. The number of benzene rings is 2. The fourth-order valence-corrected chi connectivity index (χ4v) is 3.65. The molecule has 0 aliphatic rings. The summed E-state index contributed by atoms with van der Waals surface area (Å²) in [6, 6.07) is 15.7. The first-order valence-corrected chi connectivity index (χ1v) is 9.24. The zero-order chi connectivity index (χ0) is 19.6. The number of fused-ring (bicyclic) bond motifs is 1. The largest absolute Gasteiger partial charge is 0.466 e. The number of carbonyl (C=O) groups is 2. The third-order valence-corrected chi connectivity index (χ3v) is 4.95. The molecule has 27 heavy (non-hydrogen) atoms. The summed E-state index contributed by atoms with van der Waals surface area (Å²) in [5.41, 5.74) is 4.54. The fourth-order valence-electron chi connectivity index (χ4n) is 3.65. The number of esters is 1. The average Bonchev–Trinajstić information content (AvgIpc) is 2.92. The van der Waals surface area contributed by atoms with Crippen LogP contribution in [0.1, 0.15) is 53.5 Å². The normalized spacial score (nSPS) is 12.1. The van der Waals surface area contributed by atoms with E-state index < -0.39 is 0 Å². The second kappa shape index (κ2) is 7.78. The van der Waals surface area contributed by atoms with Crippen molar-refractivity contribution in [1.29, 1.82) is 0 Å². The average molecular weight is 363 g/mol. The lowest BCUT2D eigenvalue weighted by molar-refractivity contribution is -0.141. The van der Waals surface area contributed by atoms with Crippen LogP contribution in [0.25, 0.3) is 10.9 Å². The number of aryl methyl sites for hydroxylation is 1. The highest BCUT2D eigenvalue weighted by atomic mass is 16.5. The van der Waals surface area contributed by atoms with Crippen molar-refractivity contribution < 1.29 is 14.3 Å². The van der Waals surface area contributed by atoms with Crippen molar-refractivity contribution in [1.82, 2.24) is 4.57 Å². The molecule has 1 unspecified atom stereocenters. The number of carbonyl (C=O) groups excluding carboxylic acids is 2. The van der Waals surface area contributed by atoms with E-state index in [1.54, 1.807) is 0 Å². The van der Waals surface area contributed by atoms with Gasteiger partial charge in [0, 0.05) is 41.5 Å². The van der Waals surface area contributed by atoms with E-state index in [2.05, 4.69) is 29.7 Å². The third-order valence-electron chi connectivity index (χ3n) is 4.95. The maximum Gasteiger partial charge on any atom is 0.302 e. The molecule has 1 atom stereocenters. The van der Waals surface area contributed by atoms with E-state index in [0.29, 0.717) is 18.6 Å². The minimum atomic E-state index is -0.271. The van der Waals surface area contributed by atoms with Crippen molar-refractivity contribution >= 4 is 22.7 Å². The third kappa shape index (κ3) is 3.80. The molecule has 1 aromatic heterocycles. The van der Waals surface area contributed by atoms with E-state index in [9.17, 15) is 9.59 Å². The number of ether oxygens (including phenoxy) is 1. The molecule has 140 valence electrons. The number of aromatic nitrogens is 1. The van der Waals surface area contributed by atoms with Crippen molar-refractivity contribution in [3.05, 3.63) is 70.9 Å². The molecule has 0 radical (unpaired) electrons. The quantitative estimate of drug-likeness (QED) is 0.457. The van der Waals surface area contributed by atoms with Gasteiger partial charge in [0.2, 0.25) is 0 Å². The van der Waals surface area contributed by atoms with Crippen LogP contribution in [0.4, 0.5) is 0 Å². The van der Waals surface area contributed by atoms with Gasteiger partial charge >= 0.3 is 5.97 Å². The van der Waals surface area contributed by atoms with Crippen LogP contribution < -0.4 is 0 Å². The van der Waals surface area contributed by atoms with E-state index in [0.717, 1.165) is 27.7 Å². The maximum absolute atomic E-state index is 13.2. The van der Waals surface area contributed by atoms with Crippen LogP contribution in [0.15, 0.2) is 48.5 Å². The van der Waals surface area contributed by atoms with Crippen LogP contribution in [0.2, 0.25) is 0 Å². The standard InChI is InChI=1S/C23H25NO3/c1-15-10-11-21-20(14-15)22(23(26)19-8-6-5-7-9-19)17(3)24(21)16(2)12-13-27-18(4)25/h5-11,14,16H,12-13H2,1-4H3. The predicted octanol–water partition coefficient (Wildman–Crippen LogP) is 5.00. The summed E-state index contributed by atoms with van der Waals surface area (Å²) in [7, 11) is 0. The molecule has 0 amide bonds. The fraction of sp³-hybridized carbons (Fsp3) is 0.304. The molecular weight excluding hydrogens is 338 g/mol. The zero-order valence-electron chi connectivity index (χ0n) is 16.3. The molecule has 2 aromatic carbocycles. The van der Waals surface area contributed by atoms with Gasteiger partial charge in [-0.1, -0.05) is 42.0 Å². The van der Waals surface area contributed by atoms with Gasteiger partial charge in [-0.05, 0) is 32.9 Å². The van der Waals surface area contributed by atoms with Gasteiger partial charge in [0.15, 0.2) is 5.78 Å². The smallest absolute Gasteiger partial charge is 0.302 e. The predicted molar refractivity (Wildman–Crippen MR) is 107 cm³/mol. The Kier molecular flexibility index (Phi) is 5.45. The highest BCUT2D eigenvalue weighted by Crippen LogP contribution is 2.32. The molecule has 0 N–H and O–H groups in total. The molecule has 3 aromatic rings. The SMILES string of the molecule is CC(=O)OCCC(C)n1c(C)c(C(=O)c2ccccc2)c2cc(C)ccc21. The zero-order valence-corrected chi connectivity index (χ0v) is 16.3. The summed E-state index contributed by atoms with van der Waals surface area (Å²) >= 11 is 0. The van der Waals surface area contributed by atoms with Crippen LogP contribution >= 0.6 is 0 Å². The molecule has 4 heteroatoms. The molecule has 0 saturated heterocycles. The van der Waals surface area contributed by atoms with Gasteiger partial charge in [-0.25, -0.2) is 0 Å². The van der Waals surface area contributed by atoms with Crippen molar-refractivity contribution in [3.8, 4) is 0 Å². The van der Waals surface area contributed by atoms with Crippen molar-refractivity contribution in [2.75, 3.05) is 6.61 Å².